The molecule has 1 saturated carbocycles. The number of hydrogen-bond acceptors (Lipinski definition) is 0. The first-order valence-corrected chi connectivity index (χ1v) is 13.7. The molecule has 166 valence electrons. The van der Waals surface area contributed by atoms with E-state index >= 15 is 0 Å². The van der Waals surface area contributed by atoms with E-state index in [-0.39, 0.29) is 7.92 Å². The average molecular weight is 449 g/mol. The largest absolute Gasteiger partial charge is 0.0622 e. The van der Waals surface area contributed by atoms with Crippen LogP contribution in [0, 0.1) is 11.8 Å². The normalized spacial score (nSPS) is 19.1. The van der Waals surface area contributed by atoms with Gasteiger partial charge in [-0.05, 0) is 60.0 Å². The first-order chi connectivity index (χ1) is 16.3. The van der Waals surface area contributed by atoms with Gasteiger partial charge in [0.2, 0.25) is 0 Å². The predicted octanol–water partition coefficient (Wildman–Crippen LogP) is 7.76. The average Bonchev–Trinajstić information content (AvgIpc) is 3.36. The molecule has 0 radical (unpaired) electrons. The van der Waals surface area contributed by atoms with Crippen LogP contribution in [0.15, 0.2) is 121 Å². The summed E-state index contributed by atoms with van der Waals surface area (Å²) in [6, 6.07) is 45.0. The molecule has 3 atom stereocenters. The molecule has 0 nitrogen and oxygen atoms in total. The topological polar surface area (TPSA) is 0 Å². The van der Waals surface area contributed by atoms with Crippen LogP contribution in [0.5, 0.6) is 0 Å². The van der Waals surface area contributed by atoms with Crippen molar-refractivity contribution in [2.24, 2.45) is 11.8 Å². The van der Waals surface area contributed by atoms with Gasteiger partial charge in [-0.15, -0.1) is 0 Å². The Morgan fingerprint density at radius 2 is 1.00 bits per heavy atom. The van der Waals surface area contributed by atoms with E-state index in [1.54, 1.807) is 0 Å². The van der Waals surface area contributed by atoms with Gasteiger partial charge in [0.15, 0.2) is 0 Å². The molecule has 1 aliphatic rings. The summed E-state index contributed by atoms with van der Waals surface area (Å²) < 4.78 is 0. The first-order valence-electron chi connectivity index (χ1n) is 12.3. The summed E-state index contributed by atoms with van der Waals surface area (Å²) in [6.07, 6.45) is 4.01. The molecule has 5 rings (SSSR count). The Hall–Kier alpha value is -2.69. The minimum absolute atomic E-state index is 0.386. The van der Waals surface area contributed by atoms with Gasteiger partial charge >= 0.3 is 0 Å². The Morgan fingerprint density at radius 3 is 1.45 bits per heavy atom. The van der Waals surface area contributed by atoms with Crippen LogP contribution < -0.4 is 10.6 Å². The summed E-state index contributed by atoms with van der Waals surface area (Å²) >= 11 is 0. The van der Waals surface area contributed by atoms with Crippen molar-refractivity contribution in [2.45, 2.75) is 37.8 Å². The maximum Gasteiger partial charge on any atom is 0.0118 e. The number of hydrogen-bond donors (Lipinski definition) is 0. The lowest BCUT2D eigenvalue weighted by Crippen LogP contribution is -2.30. The molecular formula is C32H33P. The maximum absolute atomic E-state index is 2.52. The highest BCUT2D eigenvalue weighted by atomic mass is 31.1. The van der Waals surface area contributed by atoms with Gasteiger partial charge in [-0.1, -0.05) is 135 Å². The van der Waals surface area contributed by atoms with Gasteiger partial charge in [0.1, 0.15) is 0 Å². The van der Waals surface area contributed by atoms with Gasteiger partial charge < -0.3 is 0 Å². The van der Waals surface area contributed by atoms with Gasteiger partial charge in [0.25, 0.3) is 0 Å². The second-order valence-corrected chi connectivity index (χ2v) is 11.8. The summed E-state index contributed by atoms with van der Waals surface area (Å²) in [6.45, 7) is 2.52. The summed E-state index contributed by atoms with van der Waals surface area (Å²) in [5.74, 6) is 1.73. The molecule has 0 saturated heterocycles. The van der Waals surface area contributed by atoms with Crippen molar-refractivity contribution in [1.29, 1.82) is 0 Å². The molecule has 0 heterocycles. The molecule has 33 heavy (non-hydrogen) atoms. The smallest absolute Gasteiger partial charge is 0.0118 e. The van der Waals surface area contributed by atoms with Crippen molar-refractivity contribution in [3.05, 3.63) is 132 Å². The maximum atomic E-state index is 2.52. The molecule has 0 aromatic heterocycles. The van der Waals surface area contributed by atoms with Crippen LogP contribution >= 0.6 is 7.92 Å². The van der Waals surface area contributed by atoms with Gasteiger partial charge in [0, 0.05) is 5.92 Å². The van der Waals surface area contributed by atoms with E-state index < -0.39 is 0 Å². The van der Waals surface area contributed by atoms with Crippen LogP contribution in [-0.2, 0) is 0 Å². The monoisotopic (exact) mass is 448 g/mol. The molecule has 2 unspecified atom stereocenters. The fourth-order valence-electron chi connectivity index (χ4n) is 5.98. The lowest BCUT2D eigenvalue weighted by atomic mass is 9.74. The molecule has 4 aromatic carbocycles. The standard InChI is InChI=1S/C32H33P/c1-25(32(26-15-6-2-7-16-26)27-17-8-3-9-18-27)30-23-14-24-31(30)33(28-19-10-4-11-20-28)29-21-12-5-13-22-29/h2-13,15-22,25,30-32H,14,23-24H2,1H3/t25-,30?,31?/m1/s1. The SMILES string of the molecule is C[C@@H](C(c1ccccc1)c1ccccc1)C1CCCC1P(c1ccccc1)c1ccccc1. The Bertz CT molecular complexity index is 1030. The molecule has 0 spiro atoms. The van der Waals surface area contributed by atoms with Crippen LogP contribution in [-0.4, -0.2) is 5.66 Å². The molecule has 1 fully saturated rings. The minimum Gasteiger partial charge on any atom is -0.0622 e. The highest BCUT2D eigenvalue weighted by Crippen LogP contribution is 2.54. The zero-order valence-electron chi connectivity index (χ0n) is 19.4. The van der Waals surface area contributed by atoms with Crippen LogP contribution in [0.25, 0.3) is 0 Å². The second-order valence-electron chi connectivity index (χ2n) is 9.36. The quantitative estimate of drug-likeness (QED) is 0.254. The first kappa shape index (κ1) is 22.1. The molecule has 0 N–H and O–H groups in total. The van der Waals surface area contributed by atoms with E-state index in [2.05, 4.69) is 128 Å². The predicted molar refractivity (Wildman–Crippen MR) is 144 cm³/mol. The molecule has 0 aliphatic heterocycles. The van der Waals surface area contributed by atoms with Crippen molar-refractivity contribution in [3.63, 3.8) is 0 Å². The van der Waals surface area contributed by atoms with E-state index in [4.69, 9.17) is 0 Å². The summed E-state index contributed by atoms with van der Waals surface area (Å²) in [5.41, 5.74) is 3.62. The fourth-order valence-corrected chi connectivity index (χ4v) is 9.27. The van der Waals surface area contributed by atoms with Crippen molar-refractivity contribution >= 4 is 18.5 Å². The zero-order chi connectivity index (χ0) is 22.5. The highest BCUT2D eigenvalue weighted by molar-refractivity contribution is 7.73. The van der Waals surface area contributed by atoms with Crippen molar-refractivity contribution in [3.8, 4) is 0 Å². The molecule has 0 amide bonds. The Labute approximate surface area is 200 Å². The summed E-state index contributed by atoms with van der Waals surface area (Å²) in [7, 11) is -0.386. The van der Waals surface area contributed by atoms with E-state index in [0.29, 0.717) is 17.8 Å². The third-order valence-electron chi connectivity index (χ3n) is 7.45. The molecule has 0 bridgehead atoms. The Morgan fingerprint density at radius 1 is 0.576 bits per heavy atom. The third kappa shape index (κ3) is 4.83. The molecule has 1 heteroatoms. The van der Waals surface area contributed by atoms with Crippen molar-refractivity contribution in [1.82, 2.24) is 0 Å². The molecule has 1 aliphatic carbocycles. The van der Waals surface area contributed by atoms with Gasteiger partial charge in [-0.3, -0.25) is 0 Å². The lowest BCUT2D eigenvalue weighted by Gasteiger charge is -2.37. The van der Waals surface area contributed by atoms with Crippen LogP contribution in [0.2, 0.25) is 0 Å². The summed E-state index contributed by atoms with van der Waals surface area (Å²) in [4.78, 5) is 0. The fraction of sp³-hybridized carbons (Fsp3) is 0.250. The zero-order valence-corrected chi connectivity index (χ0v) is 20.3. The van der Waals surface area contributed by atoms with Gasteiger partial charge in [-0.2, -0.15) is 0 Å². The minimum atomic E-state index is -0.386. The van der Waals surface area contributed by atoms with E-state index in [0.717, 1.165) is 5.66 Å². The van der Waals surface area contributed by atoms with E-state index in [1.165, 1.54) is 41.0 Å². The third-order valence-corrected chi connectivity index (χ3v) is 10.5. The second kappa shape index (κ2) is 10.5. The van der Waals surface area contributed by atoms with Crippen molar-refractivity contribution in [2.75, 3.05) is 0 Å². The molecule has 4 aromatic rings. The Kier molecular flexibility index (Phi) is 7.03. The van der Waals surface area contributed by atoms with E-state index in [1.807, 2.05) is 0 Å². The van der Waals surface area contributed by atoms with Gasteiger partial charge in [-0.25, -0.2) is 0 Å². The molecular weight excluding hydrogens is 415 g/mol. The van der Waals surface area contributed by atoms with Crippen LogP contribution in [0.3, 0.4) is 0 Å². The van der Waals surface area contributed by atoms with Crippen LogP contribution in [0.1, 0.15) is 43.2 Å². The van der Waals surface area contributed by atoms with Crippen molar-refractivity contribution < 1.29 is 0 Å². The van der Waals surface area contributed by atoms with Crippen LogP contribution in [0.4, 0.5) is 0 Å². The summed E-state index contributed by atoms with van der Waals surface area (Å²) in [5, 5.41) is 3.05. The lowest BCUT2D eigenvalue weighted by molar-refractivity contribution is 0.338. The number of rotatable bonds is 7. The van der Waals surface area contributed by atoms with Gasteiger partial charge in [0.05, 0.1) is 0 Å². The van der Waals surface area contributed by atoms with E-state index in [9.17, 15) is 0 Å². The highest BCUT2D eigenvalue weighted by Gasteiger charge is 2.40. The Balaban J connectivity index is 1.54. The number of benzene rings is 4.